The highest BCUT2D eigenvalue weighted by molar-refractivity contribution is 5.88. The van der Waals surface area contributed by atoms with Crippen molar-refractivity contribution in [1.82, 2.24) is 0 Å². The minimum atomic E-state index is -1.73. The van der Waals surface area contributed by atoms with Gasteiger partial charge in [0.15, 0.2) is 0 Å². The third kappa shape index (κ3) is 3.71. The molecular weight excluding hydrogens is 420 g/mol. The Kier molecular flexibility index (Phi) is 5.48. The summed E-state index contributed by atoms with van der Waals surface area (Å²) < 4.78 is 17.8. The number of benzene rings is 3. The van der Waals surface area contributed by atoms with Crippen molar-refractivity contribution in [2.24, 2.45) is 0 Å². The Bertz CT molecular complexity index is 1160. The summed E-state index contributed by atoms with van der Waals surface area (Å²) in [7, 11) is 0. The van der Waals surface area contributed by atoms with Crippen molar-refractivity contribution < 1.29 is 28.9 Å². The van der Waals surface area contributed by atoms with Gasteiger partial charge < -0.3 is 19.3 Å². The van der Waals surface area contributed by atoms with E-state index < -0.39 is 17.7 Å². The lowest BCUT2D eigenvalue weighted by Crippen LogP contribution is -2.48. The van der Waals surface area contributed by atoms with Crippen molar-refractivity contribution in [3.63, 3.8) is 0 Å². The van der Waals surface area contributed by atoms with Crippen molar-refractivity contribution >= 4 is 11.9 Å². The van der Waals surface area contributed by atoms with Gasteiger partial charge in [0.05, 0.1) is 18.3 Å². The van der Waals surface area contributed by atoms with Crippen LogP contribution >= 0.6 is 0 Å². The van der Waals surface area contributed by atoms with E-state index in [9.17, 15) is 14.7 Å². The number of esters is 1. The Balaban J connectivity index is 1.44. The van der Waals surface area contributed by atoms with Gasteiger partial charge in [-0.25, -0.2) is 9.59 Å². The lowest BCUT2D eigenvalue weighted by molar-refractivity contribution is -0.295. The monoisotopic (exact) mass is 444 g/mol. The van der Waals surface area contributed by atoms with E-state index in [1.54, 1.807) is 12.1 Å². The summed E-state index contributed by atoms with van der Waals surface area (Å²) >= 11 is 0. The number of hydrogen-bond donors (Lipinski definition) is 1. The van der Waals surface area contributed by atoms with E-state index in [-0.39, 0.29) is 24.2 Å². The fourth-order valence-corrected chi connectivity index (χ4v) is 4.65. The molecule has 1 aliphatic carbocycles. The highest BCUT2D eigenvalue weighted by atomic mass is 16.7. The number of aromatic carboxylic acids is 1. The molecule has 6 heteroatoms. The van der Waals surface area contributed by atoms with Gasteiger partial charge in [0, 0.05) is 11.5 Å². The molecule has 1 N–H and O–H groups in total. The van der Waals surface area contributed by atoms with Crippen molar-refractivity contribution in [3.05, 3.63) is 95.1 Å². The molecule has 1 fully saturated rings. The van der Waals surface area contributed by atoms with Gasteiger partial charge in [-0.15, -0.1) is 0 Å². The van der Waals surface area contributed by atoms with E-state index in [1.165, 1.54) is 12.1 Å². The zero-order chi connectivity index (χ0) is 23.0. The Morgan fingerprint density at radius 3 is 2.15 bits per heavy atom. The molecule has 0 aromatic heterocycles. The van der Waals surface area contributed by atoms with Crippen molar-refractivity contribution in [1.29, 1.82) is 0 Å². The lowest BCUT2D eigenvalue weighted by Gasteiger charge is -2.38. The summed E-state index contributed by atoms with van der Waals surface area (Å²) in [5.74, 6) is -3.50. The molecule has 1 heterocycles. The van der Waals surface area contributed by atoms with Crippen LogP contribution in [0.3, 0.4) is 0 Å². The molecule has 0 saturated carbocycles. The molecular formula is C27H24O6. The predicted molar refractivity (Wildman–Crippen MR) is 121 cm³/mol. The quantitative estimate of drug-likeness (QED) is 0.574. The van der Waals surface area contributed by atoms with Crippen LogP contribution in [-0.4, -0.2) is 36.4 Å². The van der Waals surface area contributed by atoms with Gasteiger partial charge >= 0.3 is 11.9 Å². The van der Waals surface area contributed by atoms with Crippen molar-refractivity contribution in [3.8, 4) is 11.1 Å². The lowest BCUT2D eigenvalue weighted by atomic mass is 9.98. The minimum absolute atomic E-state index is 0.0891. The largest absolute Gasteiger partial charge is 0.478 e. The minimum Gasteiger partial charge on any atom is -0.478 e. The predicted octanol–water partition coefficient (Wildman–Crippen LogP) is 4.72. The summed E-state index contributed by atoms with van der Waals surface area (Å²) in [4.78, 5) is 24.7. The van der Waals surface area contributed by atoms with Crippen LogP contribution < -0.4 is 0 Å². The molecule has 3 aromatic rings. The molecule has 168 valence electrons. The fraction of sp³-hybridized carbons (Fsp3) is 0.259. The fourth-order valence-electron chi connectivity index (χ4n) is 4.65. The molecule has 1 saturated heterocycles. The third-order valence-corrected chi connectivity index (χ3v) is 6.32. The Hall–Kier alpha value is -3.48. The van der Waals surface area contributed by atoms with Gasteiger partial charge in [0.2, 0.25) is 0 Å². The second kappa shape index (κ2) is 8.46. The number of fused-ring (bicyclic) bond motifs is 3. The highest BCUT2D eigenvalue weighted by Crippen LogP contribution is 2.45. The van der Waals surface area contributed by atoms with E-state index in [2.05, 4.69) is 24.3 Å². The van der Waals surface area contributed by atoms with Crippen molar-refractivity contribution in [2.75, 3.05) is 13.2 Å². The molecule has 0 amide bonds. The molecule has 3 aromatic carbocycles. The van der Waals surface area contributed by atoms with Gasteiger partial charge in [0.1, 0.15) is 6.61 Å². The molecule has 5 rings (SSSR count). The summed E-state index contributed by atoms with van der Waals surface area (Å²) in [6, 6.07) is 22.2. The molecule has 2 atom stereocenters. The molecule has 6 nitrogen and oxygen atoms in total. The van der Waals surface area contributed by atoms with Crippen LogP contribution in [-0.2, 0) is 24.8 Å². The standard InChI is InChI=1S/C27H24O6/c1-17-14-15-32-27(33-17,19-12-10-18(11-13-19)25(28)29)26(30)31-16-24-22-8-4-2-6-20(22)21-7-3-5-9-23(21)24/h2-13,17,24H,14-16H2,1H3,(H,28,29)/t17-,27?/m1/s1. The number of carboxylic acids is 1. The van der Waals surface area contributed by atoms with Gasteiger partial charge in [-0.3, -0.25) is 0 Å². The van der Waals surface area contributed by atoms with E-state index in [0.717, 1.165) is 22.3 Å². The average molecular weight is 444 g/mol. The van der Waals surface area contributed by atoms with E-state index >= 15 is 0 Å². The van der Waals surface area contributed by atoms with Crippen LogP contribution in [0, 0.1) is 0 Å². The second-order valence-electron chi connectivity index (χ2n) is 8.39. The second-order valence-corrected chi connectivity index (χ2v) is 8.39. The molecule has 1 aliphatic heterocycles. The van der Waals surface area contributed by atoms with Crippen molar-refractivity contribution in [2.45, 2.75) is 31.2 Å². The summed E-state index contributed by atoms with van der Waals surface area (Å²) in [6.07, 6.45) is 0.421. The van der Waals surface area contributed by atoms with E-state index in [0.29, 0.717) is 18.6 Å². The Labute approximate surface area is 191 Å². The number of carbonyl (C=O) groups is 2. The number of hydrogen-bond acceptors (Lipinski definition) is 5. The first kappa shape index (κ1) is 21.4. The summed E-state index contributed by atoms with van der Waals surface area (Å²) in [5.41, 5.74) is 5.05. The SMILES string of the molecule is C[C@@H]1CCOC(C(=O)OCC2c3ccccc3-c3ccccc32)(c2ccc(C(=O)O)cc2)O1. The molecule has 33 heavy (non-hydrogen) atoms. The molecule has 0 radical (unpaired) electrons. The number of carbonyl (C=O) groups excluding carboxylic acids is 1. The van der Waals surface area contributed by atoms with Crippen LogP contribution in [0.25, 0.3) is 11.1 Å². The topological polar surface area (TPSA) is 82.1 Å². The Morgan fingerprint density at radius 1 is 0.970 bits per heavy atom. The van der Waals surface area contributed by atoms with Crippen LogP contribution in [0.1, 0.15) is 46.3 Å². The summed E-state index contributed by atoms with van der Waals surface area (Å²) in [6.45, 7) is 2.34. The zero-order valence-corrected chi connectivity index (χ0v) is 18.2. The van der Waals surface area contributed by atoms with Gasteiger partial charge in [-0.05, 0) is 47.7 Å². The molecule has 0 bridgehead atoms. The zero-order valence-electron chi connectivity index (χ0n) is 18.2. The maximum Gasteiger partial charge on any atom is 0.372 e. The van der Waals surface area contributed by atoms with Gasteiger partial charge in [-0.2, -0.15) is 0 Å². The number of ether oxygens (including phenoxy) is 3. The van der Waals surface area contributed by atoms with Crippen LogP contribution in [0.5, 0.6) is 0 Å². The maximum absolute atomic E-state index is 13.5. The molecule has 2 aliphatic rings. The number of rotatable bonds is 5. The smallest absolute Gasteiger partial charge is 0.372 e. The maximum atomic E-state index is 13.5. The molecule has 0 spiro atoms. The van der Waals surface area contributed by atoms with Crippen LogP contribution in [0.2, 0.25) is 0 Å². The summed E-state index contributed by atoms with van der Waals surface area (Å²) in [5, 5.41) is 9.21. The number of carboxylic acid groups (broad SMARTS) is 1. The third-order valence-electron chi connectivity index (χ3n) is 6.32. The normalized spacial score (nSPS) is 21.8. The van der Waals surface area contributed by atoms with E-state index in [4.69, 9.17) is 14.2 Å². The van der Waals surface area contributed by atoms with Gasteiger partial charge in [0.25, 0.3) is 5.79 Å². The highest BCUT2D eigenvalue weighted by Gasteiger charge is 2.49. The van der Waals surface area contributed by atoms with Gasteiger partial charge in [-0.1, -0.05) is 60.7 Å². The van der Waals surface area contributed by atoms with Crippen LogP contribution in [0.4, 0.5) is 0 Å². The van der Waals surface area contributed by atoms with E-state index in [1.807, 2.05) is 31.2 Å². The first-order valence-corrected chi connectivity index (χ1v) is 11.0. The van der Waals surface area contributed by atoms with Crippen LogP contribution in [0.15, 0.2) is 72.8 Å². The first-order chi connectivity index (χ1) is 16.0. The molecule has 1 unspecified atom stereocenters. The first-order valence-electron chi connectivity index (χ1n) is 11.0. The Morgan fingerprint density at radius 2 is 1.58 bits per heavy atom. The average Bonchev–Trinajstić information content (AvgIpc) is 3.16.